The maximum Gasteiger partial charge on any atom is 0.202 e. The average molecular weight is 593 g/mol. The van der Waals surface area contributed by atoms with Crippen molar-refractivity contribution in [1.29, 1.82) is 0 Å². The van der Waals surface area contributed by atoms with Gasteiger partial charge in [0.1, 0.15) is 0 Å². The van der Waals surface area contributed by atoms with E-state index in [0.29, 0.717) is 45.4 Å². The Kier molecular flexibility index (Phi) is 5.88. The van der Waals surface area contributed by atoms with Crippen molar-refractivity contribution in [1.82, 2.24) is 49.8 Å². The highest BCUT2D eigenvalue weighted by Gasteiger charge is 2.19. The van der Waals surface area contributed by atoms with E-state index in [2.05, 4.69) is 0 Å². The van der Waals surface area contributed by atoms with Gasteiger partial charge in [0.15, 0.2) is 0 Å². The molecule has 0 fully saturated rings. The lowest BCUT2D eigenvalue weighted by molar-refractivity contribution is 1.13. The van der Waals surface area contributed by atoms with Gasteiger partial charge in [-0.25, -0.2) is 49.8 Å². The van der Waals surface area contributed by atoms with Gasteiger partial charge in [-0.15, -0.1) is 0 Å². The van der Waals surface area contributed by atoms with Crippen LogP contribution < -0.4 is 0 Å². The van der Waals surface area contributed by atoms with Crippen molar-refractivity contribution >= 4 is 45.2 Å². The van der Waals surface area contributed by atoms with E-state index in [1.54, 1.807) is 0 Å². The Morgan fingerprint density at radius 1 is 0.196 bits per heavy atom. The Morgan fingerprint density at radius 3 is 0.565 bits per heavy atom. The summed E-state index contributed by atoms with van der Waals surface area (Å²) in [6, 6.07) is 39.6. The molecule has 0 radical (unpaired) electrons. The van der Waals surface area contributed by atoms with Crippen LogP contribution in [0, 0.1) is 0 Å². The standard InChI is InChI=1S/C36H20N10/c1-5-13-21(14-6-1)25-26(22-15-7-2-8-16-22)38-30-29(37-25)41-33-34(42-30)46-36-35(45-33)43-31-32(44-36)40-28(24-19-11-4-12-20-24)27(39-31)23-17-9-3-10-18-23/h1-20H. The summed E-state index contributed by atoms with van der Waals surface area (Å²) >= 11 is 0. The largest absolute Gasteiger partial charge is 0.223 e. The van der Waals surface area contributed by atoms with Crippen LogP contribution >= 0.6 is 0 Å². The minimum atomic E-state index is 0.284. The van der Waals surface area contributed by atoms with Crippen LogP contribution in [0.15, 0.2) is 121 Å². The molecule has 0 atom stereocenters. The molecule has 0 aliphatic rings. The molecule has 0 spiro atoms. The SMILES string of the molecule is c1ccc(-c2nc3nc4nc5nc6nc(-c7ccccc7)c(-c7ccccc7)nc6nc5nc4nc3nc2-c2ccccc2)cc1. The topological polar surface area (TPSA) is 129 Å². The summed E-state index contributed by atoms with van der Waals surface area (Å²) in [6.07, 6.45) is 0. The quantitative estimate of drug-likeness (QED) is 0.199. The predicted octanol–water partition coefficient (Wildman–Crippen LogP) is 6.92. The van der Waals surface area contributed by atoms with E-state index in [9.17, 15) is 0 Å². The Bertz CT molecular complexity index is 2210. The van der Waals surface area contributed by atoms with Gasteiger partial charge in [0.05, 0.1) is 22.8 Å². The van der Waals surface area contributed by atoms with Gasteiger partial charge in [0.25, 0.3) is 0 Å². The maximum absolute atomic E-state index is 4.92. The second-order valence-corrected chi connectivity index (χ2v) is 10.6. The third-order valence-corrected chi connectivity index (χ3v) is 7.58. The van der Waals surface area contributed by atoms with Crippen molar-refractivity contribution in [3.63, 3.8) is 0 Å². The van der Waals surface area contributed by atoms with Crippen molar-refractivity contribution in [2.75, 3.05) is 0 Å². The molecule has 0 bridgehead atoms. The monoisotopic (exact) mass is 592 g/mol. The van der Waals surface area contributed by atoms with E-state index >= 15 is 0 Å². The van der Waals surface area contributed by atoms with Crippen LogP contribution in [0.2, 0.25) is 0 Å². The van der Waals surface area contributed by atoms with Crippen LogP contribution in [-0.2, 0) is 0 Å². The van der Waals surface area contributed by atoms with Gasteiger partial charge in [0, 0.05) is 22.3 Å². The summed E-state index contributed by atoms with van der Waals surface area (Å²) in [5.41, 5.74) is 9.02. The number of hydrogen-bond acceptors (Lipinski definition) is 10. The van der Waals surface area contributed by atoms with Crippen LogP contribution in [0.4, 0.5) is 0 Å². The van der Waals surface area contributed by atoms with Gasteiger partial charge < -0.3 is 0 Å². The molecule has 0 saturated carbocycles. The number of hydrogen-bond donors (Lipinski definition) is 0. The molecule has 10 heteroatoms. The normalized spacial score (nSPS) is 11.5. The minimum absolute atomic E-state index is 0.284. The highest BCUT2D eigenvalue weighted by molar-refractivity contribution is 5.90. The van der Waals surface area contributed by atoms with E-state index in [-0.39, 0.29) is 22.6 Å². The van der Waals surface area contributed by atoms with Crippen LogP contribution in [0.5, 0.6) is 0 Å². The molecule has 9 aromatic rings. The Morgan fingerprint density at radius 2 is 0.370 bits per heavy atom. The fourth-order valence-corrected chi connectivity index (χ4v) is 5.43. The predicted molar refractivity (Wildman–Crippen MR) is 176 cm³/mol. The Hall–Kier alpha value is -6.68. The van der Waals surface area contributed by atoms with Gasteiger partial charge in [-0.2, -0.15) is 0 Å². The zero-order chi connectivity index (χ0) is 30.5. The van der Waals surface area contributed by atoms with Crippen molar-refractivity contribution in [3.05, 3.63) is 121 Å². The first-order valence-corrected chi connectivity index (χ1v) is 14.6. The summed E-state index contributed by atoms with van der Waals surface area (Å²) < 4.78 is 0. The van der Waals surface area contributed by atoms with E-state index in [0.717, 1.165) is 22.3 Å². The first-order chi connectivity index (χ1) is 22.8. The molecule has 0 unspecified atom stereocenters. The van der Waals surface area contributed by atoms with Crippen molar-refractivity contribution < 1.29 is 0 Å². The second-order valence-electron chi connectivity index (χ2n) is 10.6. The van der Waals surface area contributed by atoms with Crippen LogP contribution in [-0.4, -0.2) is 49.8 Å². The zero-order valence-electron chi connectivity index (χ0n) is 24.0. The molecule has 10 nitrogen and oxygen atoms in total. The molecule has 0 aliphatic carbocycles. The Labute approximate surface area is 261 Å². The number of fused-ring (bicyclic) bond motifs is 4. The highest BCUT2D eigenvalue weighted by Crippen LogP contribution is 2.32. The van der Waals surface area contributed by atoms with Gasteiger partial charge in [0.2, 0.25) is 45.2 Å². The molecule has 4 aromatic carbocycles. The molecule has 46 heavy (non-hydrogen) atoms. The molecule has 5 heterocycles. The molecular formula is C36H20N10. The summed E-state index contributed by atoms with van der Waals surface area (Å²) in [7, 11) is 0. The second kappa shape index (κ2) is 10.5. The molecule has 9 rings (SSSR count). The smallest absolute Gasteiger partial charge is 0.202 e. The third-order valence-electron chi connectivity index (χ3n) is 7.58. The first-order valence-electron chi connectivity index (χ1n) is 14.6. The van der Waals surface area contributed by atoms with E-state index in [1.807, 2.05) is 121 Å². The summed E-state index contributed by atoms with van der Waals surface area (Å²) in [5, 5.41) is 0. The number of benzene rings is 4. The Balaban J connectivity index is 1.26. The highest BCUT2D eigenvalue weighted by atomic mass is 15.1. The molecule has 0 saturated heterocycles. The lowest BCUT2D eigenvalue weighted by Gasteiger charge is -2.11. The lowest BCUT2D eigenvalue weighted by atomic mass is 10.0. The fourth-order valence-electron chi connectivity index (χ4n) is 5.43. The summed E-state index contributed by atoms with van der Waals surface area (Å²) in [5.74, 6) is 0. The zero-order valence-corrected chi connectivity index (χ0v) is 24.0. The van der Waals surface area contributed by atoms with Crippen LogP contribution in [0.25, 0.3) is 90.2 Å². The minimum Gasteiger partial charge on any atom is -0.223 e. The van der Waals surface area contributed by atoms with Gasteiger partial charge >= 0.3 is 0 Å². The van der Waals surface area contributed by atoms with Crippen LogP contribution in [0.1, 0.15) is 0 Å². The number of aromatic nitrogens is 10. The van der Waals surface area contributed by atoms with Crippen molar-refractivity contribution in [2.45, 2.75) is 0 Å². The fraction of sp³-hybridized carbons (Fsp3) is 0. The average Bonchev–Trinajstić information content (AvgIpc) is 3.12. The van der Waals surface area contributed by atoms with Crippen LogP contribution in [0.3, 0.4) is 0 Å². The molecule has 0 aliphatic heterocycles. The molecule has 0 amide bonds. The third kappa shape index (κ3) is 4.44. The first kappa shape index (κ1) is 25.8. The van der Waals surface area contributed by atoms with Crippen molar-refractivity contribution in [2.24, 2.45) is 0 Å². The number of nitrogens with zero attached hydrogens (tertiary/aromatic N) is 10. The van der Waals surface area contributed by atoms with E-state index < -0.39 is 0 Å². The van der Waals surface area contributed by atoms with Crippen molar-refractivity contribution in [3.8, 4) is 45.0 Å². The van der Waals surface area contributed by atoms with Gasteiger partial charge in [-0.1, -0.05) is 121 Å². The maximum atomic E-state index is 4.92. The van der Waals surface area contributed by atoms with E-state index in [1.165, 1.54) is 0 Å². The number of rotatable bonds is 4. The molecule has 0 N–H and O–H groups in total. The lowest BCUT2D eigenvalue weighted by Crippen LogP contribution is -2.04. The molecule has 214 valence electrons. The summed E-state index contributed by atoms with van der Waals surface area (Å²) in [6.45, 7) is 0. The van der Waals surface area contributed by atoms with Gasteiger partial charge in [-0.05, 0) is 0 Å². The summed E-state index contributed by atoms with van der Waals surface area (Å²) in [4.78, 5) is 48.0. The van der Waals surface area contributed by atoms with Gasteiger partial charge in [-0.3, -0.25) is 0 Å². The van der Waals surface area contributed by atoms with E-state index in [4.69, 9.17) is 49.8 Å². The molecular weight excluding hydrogens is 572 g/mol. The molecule has 5 aromatic heterocycles.